The van der Waals surface area contributed by atoms with Crippen LogP contribution in [0.2, 0.25) is 0 Å². The SMILES string of the molecule is NC(=S)c1cc2c(nc1OC1CCOC1)CCC2. The third-order valence-electron chi connectivity index (χ3n) is 3.45. The van der Waals surface area contributed by atoms with Gasteiger partial charge in [-0.1, -0.05) is 12.2 Å². The molecular formula is C13H16N2O2S. The largest absolute Gasteiger partial charge is 0.471 e. The minimum Gasteiger partial charge on any atom is -0.471 e. The van der Waals surface area contributed by atoms with Gasteiger partial charge in [0.15, 0.2) is 0 Å². The quantitative estimate of drug-likeness (QED) is 0.836. The van der Waals surface area contributed by atoms with Crippen molar-refractivity contribution in [2.45, 2.75) is 31.8 Å². The molecule has 3 rings (SSSR count). The normalized spacial score (nSPS) is 21.9. The molecule has 2 N–H and O–H groups in total. The molecule has 1 unspecified atom stereocenters. The molecule has 1 aliphatic heterocycles. The van der Waals surface area contributed by atoms with Crippen LogP contribution in [0, 0.1) is 0 Å². The molecule has 1 fully saturated rings. The van der Waals surface area contributed by atoms with Crippen LogP contribution in [0.25, 0.3) is 0 Å². The molecule has 96 valence electrons. The van der Waals surface area contributed by atoms with E-state index in [9.17, 15) is 0 Å². The summed E-state index contributed by atoms with van der Waals surface area (Å²) in [4.78, 5) is 4.95. The fraction of sp³-hybridized carbons (Fsp3) is 0.538. The molecule has 0 aromatic carbocycles. The third-order valence-corrected chi connectivity index (χ3v) is 3.67. The van der Waals surface area contributed by atoms with Gasteiger partial charge in [-0.2, -0.15) is 0 Å². The number of aromatic nitrogens is 1. The summed E-state index contributed by atoms with van der Waals surface area (Å²) >= 11 is 5.09. The molecule has 2 aliphatic rings. The first kappa shape index (κ1) is 11.9. The highest BCUT2D eigenvalue weighted by Crippen LogP contribution is 2.28. The number of hydrogen-bond acceptors (Lipinski definition) is 4. The van der Waals surface area contributed by atoms with Gasteiger partial charge in [0.1, 0.15) is 11.1 Å². The molecule has 1 aromatic rings. The summed E-state index contributed by atoms with van der Waals surface area (Å²) < 4.78 is 11.2. The molecule has 0 radical (unpaired) electrons. The Morgan fingerprint density at radius 1 is 1.50 bits per heavy atom. The van der Waals surface area contributed by atoms with Gasteiger partial charge in [-0.15, -0.1) is 0 Å². The monoisotopic (exact) mass is 264 g/mol. The Balaban J connectivity index is 1.92. The molecule has 1 saturated heterocycles. The molecule has 0 spiro atoms. The van der Waals surface area contributed by atoms with Crippen molar-refractivity contribution in [2.24, 2.45) is 5.73 Å². The highest BCUT2D eigenvalue weighted by Gasteiger charge is 2.23. The van der Waals surface area contributed by atoms with Gasteiger partial charge in [-0.05, 0) is 30.9 Å². The van der Waals surface area contributed by atoms with E-state index in [1.807, 2.05) is 6.07 Å². The standard InChI is InChI=1S/C13H16N2O2S/c14-12(18)10-6-8-2-1-3-11(8)15-13(10)17-9-4-5-16-7-9/h6,9H,1-5,7H2,(H2,14,18). The lowest BCUT2D eigenvalue weighted by atomic mass is 10.1. The van der Waals surface area contributed by atoms with E-state index < -0.39 is 0 Å². The minimum absolute atomic E-state index is 0.0741. The first-order valence-electron chi connectivity index (χ1n) is 6.31. The zero-order valence-electron chi connectivity index (χ0n) is 10.1. The predicted octanol–water partition coefficient (Wildman–Crippen LogP) is 1.37. The van der Waals surface area contributed by atoms with E-state index in [0.29, 0.717) is 17.5 Å². The Morgan fingerprint density at radius 3 is 3.11 bits per heavy atom. The highest BCUT2D eigenvalue weighted by atomic mass is 32.1. The number of rotatable bonds is 3. The van der Waals surface area contributed by atoms with Gasteiger partial charge in [-0.25, -0.2) is 4.98 Å². The van der Waals surface area contributed by atoms with Crippen LogP contribution in [-0.4, -0.2) is 29.3 Å². The lowest BCUT2D eigenvalue weighted by Gasteiger charge is -2.15. The smallest absolute Gasteiger partial charge is 0.224 e. The number of fused-ring (bicyclic) bond motifs is 1. The highest BCUT2D eigenvalue weighted by molar-refractivity contribution is 7.80. The average molecular weight is 264 g/mol. The number of aryl methyl sites for hydroxylation is 2. The van der Waals surface area contributed by atoms with Gasteiger partial charge in [0.25, 0.3) is 0 Å². The second-order valence-electron chi connectivity index (χ2n) is 4.77. The molecule has 0 amide bonds. The first-order valence-corrected chi connectivity index (χ1v) is 6.72. The maximum atomic E-state index is 5.89. The molecule has 5 heteroatoms. The summed E-state index contributed by atoms with van der Waals surface area (Å²) in [5, 5.41) is 0. The van der Waals surface area contributed by atoms with Gasteiger partial charge in [0.2, 0.25) is 5.88 Å². The lowest BCUT2D eigenvalue weighted by Crippen LogP contribution is -2.21. The Labute approximate surface area is 111 Å². The van der Waals surface area contributed by atoms with Crippen LogP contribution < -0.4 is 10.5 Å². The van der Waals surface area contributed by atoms with Crippen LogP contribution in [-0.2, 0) is 17.6 Å². The van der Waals surface area contributed by atoms with Crippen molar-refractivity contribution in [3.05, 3.63) is 22.9 Å². The maximum Gasteiger partial charge on any atom is 0.224 e. The molecule has 1 aromatic heterocycles. The summed E-state index contributed by atoms with van der Waals surface area (Å²) in [6, 6.07) is 2.04. The summed E-state index contributed by atoms with van der Waals surface area (Å²) in [6.07, 6.45) is 4.20. The zero-order chi connectivity index (χ0) is 12.5. The van der Waals surface area contributed by atoms with Crippen LogP contribution in [0.4, 0.5) is 0 Å². The topological polar surface area (TPSA) is 57.4 Å². The second-order valence-corrected chi connectivity index (χ2v) is 5.21. The number of hydrogen-bond donors (Lipinski definition) is 1. The van der Waals surface area contributed by atoms with E-state index in [1.165, 1.54) is 5.56 Å². The van der Waals surface area contributed by atoms with Gasteiger partial charge in [-0.3, -0.25) is 0 Å². The van der Waals surface area contributed by atoms with Crippen molar-refractivity contribution in [2.75, 3.05) is 13.2 Å². The van der Waals surface area contributed by atoms with Crippen molar-refractivity contribution >= 4 is 17.2 Å². The lowest BCUT2D eigenvalue weighted by molar-refractivity contribution is 0.138. The number of ether oxygens (including phenoxy) is 2. The van der Waals surface area contributed by atoms with Crippen LogP contribution in [0.3, 0.4) is 0 Å². The fourth-order valence-electron chi connectivity index (χ4n) is 2.48. The average Bonchev–Trinajstić information content (AvgIpc) is 2.97. The summed E-state index contributed by atoms with van der Waals surface area (Å²) in [7, 11) is 0. The third kappa shape index (κ3) is 2.20. The van der Waals surface area contributed by atoms with Crippen molar-refractivity contribution < 1.29 is 9.47 Å². The van der Waals surface area contributed by atoms with E-state index in [-0.39, 0.29) is 6.10 Å². The number of pyridine rings is 1. The van der Waals surface area contributed by atoms with E-state index in [2.05, 4.69) is 4.98 Å². The zero-order valence-corrected chi connectivity index (χ0v) is 11.0. The minimum atomic E-state index is 0.0741. The van der Waals surface area contributed by atoms with Crippen molar-refractivity contribution in [3.63, 3.8) is 0 Å². The molecule has 18 heavy (non-hydrogen) atoms. The van der Waals surface area contributed by atoms with Gasteiger partial charge < -0.3 is 15.2 Å². The molecule has 0 saturated carbocycles. The van der Waals surface area contributed by atoms with Gasteiger partial charge >= 0.3 is 0 Å². The van der Waals surface area contributed by atoms with E-state index in [4.69, 9.17) is 27.4 Å². The van der Waals surface area contributed by atoms with Crippen LogP contribution in [0.15, 0.2) is 6.07 Å². The van der Waals surface area contributed by atoms with E-state index in [0.717, 1.165) is 43.5 Å². The molecular weight excluding hydrogens is 248 g/mol. The van der Waals surface area contributed by atoms with Crippen LogP contribution in [0.1, 0.15) is 29.7 Å². The number of thiocarbonyl (C=S) groups is 1. The Kier molecular flexibility index (Phi) is 3.18. The van der Waals surface area contributed by atoms with Gasteiger partial charge in [0, 0.05) is 12.1 Å². The van der Waals surface area contributed by atoms with E-state index >= 15 is 0 Å². The molecule has 0 bridgehead atoms. The summed E-state index contributed by atoms with van der Waals surface area (Å²) in [5.74, 6) is 0.582. The Hall–Kier alpha value is -1.20. The first-order chi connectivity index (χ1) is 8.74. The molecule has 2 heterocycles. The predicted molar refractivity (Wildman–Crippen MR) is 72.0 cm³/mol. The van der Waals surface area contributed by atoms with Gasteiger partial charge in [0.05, 0.1) is 18.8 Å². The Bertz CT molecular complexity index is 484. The molecule has 4 nitrogen and oxygen atoms in total. The fourth-order valence-corrected chi connectivity index (χ4v) is 2.63. The van der Waals surface area contributed by atoms with Crippen molar-refractivity contribution in [1.82, 2.24) is 4.98 Å². The molecule has 1 atom stereocenters. The summed E-state index contributed by atoms with van der Waals surface area (Å²) in [5.41, 5.74) is 8.91. The van der Waals surface area contributed by atoms with Crippen LogP contribution >= 0.6 is 12.2 Å². The second kappa shape index (κ2) is 4.82. The number of nitrogens with two attached hydrogens (primary N) is 1. The maximum absolute atomic E-state index is 5.89. The number of nitrogens with zero attached hydrogens (tertiary/aromatic N) is 1. The Morgan fingerprint density at radius 2 is 2.39 bits per heavy atom. The van der Waals surface area contributed by atoms with Crippen LogP contribution in [0.5, 0.6) is 5.88 Å². The molecule has 1 aliphatic carbocycles. The summed E-state index contributed by atoms with van der Waals surface area (Å²) in [6.45, 7) is 1.37. The van der Waals surface area contributed by atoms with E-state index in [1.54, 1.807) is 0 Å². The van der Waals surface area contributed by atoms with Crippen molar-refractivity contribution in [3.8, 4) is 5.88 Å². The van der Waals surface area contributed by atoms with Crippen molar-refractivity contribution in [1.29, 1.82) is 0 Å².